The third kappa shape index (κ3) is 2.05. The van der Waals surface area contributed by atoms with Gasteiger partial charge in [0.25, 0.3) is 0 Å². The van der Waals surface area contributed by atoms with E-state index in [4.69, 9.17) is 0 Å². The Morgan fingerprint density at radius 1 is 0.688 bits per heavy atom. The zero-order valence-electron chi connectivity index (χ0n) is 9.64. The molecule has 3 rings (SSSR count). The first kappa shape index (κ1) is 11.0. The molecule has 0 N–H and O–H groups in total. The van der Waals surface area contributed by atoms with Crippen molar-refractivity contribution in [3.05, 3.63) is 54.6 Å². The van der Waals surface area contributed by atoms with Crippen LogP contribution in [0.2, 0.25) is 0 Å². The highest BCUT2D eigenvalue weighted by Crippen LogP contribution is 2.18. The van der Waals surface area contributed by atoms with Crippen LogP contribution >= 0.6 is 0 Å². The number of aromatic nitrogens is 1. The summed E-state index contributed by atoms with van der Waals surface area (Å²) in [5.41, 5.74) is 2.12. The van der Waals surface area contributed by atoms with Gasteiger partial charge in [0.2, 0.25) is 0 Å². The Labute approximate surface area is 101 Å². The predicted octanol–water partition coefficient (Wildman–Crippen LogP) is 1.02. The molecule has 0 aliphatic carbocycles. The van der Waals surface area contributed by atoms with Gasteiger partial charge in [0.1, 0.15) is 0 Å². The Hall–Kier alpha value is -1.46. The quantitative estimate of drug-likeness (QED) is 0.423. The summed E-state index contributed by atoms with van der Waals surface area (Å²) < 4.78 is 0. The van der Waals surface area contributed by atoms with Crippen LogP contribution in [0.15, 0.2) is 54.6 Å². The van der Waals surface area contributed by atoms with E-state index in [1.165, 1.54) is 30.3 Å². The van der Waals surface area contributed by atoms with Crippen molar-refractivity contribution in [1.82, 2.24) is 4.98 Å². The molecule has 1 heterocycles. The van der Waals surface area contributed by atoms with Gasteiger partial charge in [-0.1, -0.05) is 36.4 Å². The number of para-hydroxylation sites is 2. The first-order valence-corrected chi connectivity index (χ1v) is 13.7. The molecule has 0 spiro atoms. The van der Waals surface area contributed by atoms with Gasteiger partial charge >= 0.3 is 0 Å². The molecular weight excluding hydrogens is 226 g/mol. The van der Waals surface area contributed by atoms with Crippen LogP contribution in [0.25, 0.3) is 21.8 Å². The molecule has 0 radical (unpaired) electrons. The Morgan fingerprint density at radius 3 is 1.62 bits per heavy atom. The summed E-state index contributed by atoms with van der Waals surface area (Å²) in [6, 6.07) is 18.6. The second kappa shape index (κ2) is 5.05. The molecular formula is C13H15NSi2. The number of pyridine rings is 1. The molecule has 0 aliphatic rings. The van der Waals surface area contributed by atoms with Crippen molar-refractivity contribution >= 4 is 41.3 Å². The molecule has 2 aromatic carbocycles. The monoisotopic (exact) mass is 241 g/mol. The van der Waals surface area contributed by atoms with Crippen molar-refractivity contribution < 1.29 is 0 Å². The van der Waals surface area contributed by atoms with E-state index >= 15 is 0 Å². The Kier molecular flexibility index (Phi) is 3.48. The second-order valence-corrected chi connectivity index (χ2v) is 3.37. The number of fused-ring (bicyclic) bond motifs is 2. The van der Waals surface area contributed by atoms with Crippen LogP contribution in [0, 0.1) is 0 Å². The van der Waals surface area contributed by atoms with Crippen molar-refractivity contribution in [3.8, 4) is 0 Å². The number of hydrogen-bond acceptors (Lipinski definition) is 1. The van der Waals surface area contributed by atoms with Gasteiger partial charge in [-0.05, 0) is 37.7 Å². The third-order valence-electron chi connectivity index (χ3n) is 2.43. The molecule has 0 unspecified atom stereocenters. The van der Waals surface area contributed by atoms with Crippen molar-refractivity contribution in [2.24, 2.45) is 0 Å². The lowest BCUT2D eigenvalue weighted by Gasteiger charge is -1.99. The van der Waals surface area contributed by atoms with Gasteiger partial charge in [-0.3, -0.25) is 0 Å². The maximum absolute atomic E-state index is 4.58. The minimum Gasteiger partial charge on any atom is -0.248 e. The summed E-state index contributed by atoms with van der Waals surface area (Å²) in [7, 11) is 2.89. The summed E-state index contributed by atoms with van der Waals surface area (Å²) >= 11 is 0. The number of hydrogen-bond donors (Lipinski definition) is 0. The summed E-state index contributed by atoms with van der Waals surface area (Å²) in [5, 5.41) is 2.40. The van der Waals surface area contributed by atoms with Gasteiger partial charge in [-0.2, -0.15) is 0 Å². The molecule has 0 fully saturated rings. The van der Waals surface area contributed by atoms with E-state index in [1.807, 2.05) is 36.4 Å². The van der Waals surface area contributed by atoms with Crippen LogP contribution in [0.1, 0.15) is 0 Å². The highest BCUT2D eigenvalue weighted by Gasteiger charge is 1.96. The lowest BCUT2D eigenvalue weighted by molar-refractivity contribution is 1.50. The van der Waals surface area contributed by atoms with E-state index < -0.39 is 0 Å². The average molecular weight is 241 g/mol. The van der Waals surface area contributed by atoms with E-state index in [-0.39, 0.29) is 0 Å². The normalized spacial score (nSPS) is 10.2. The molecule has 3 aromatic rings. The topological polar surface area (TPSA) is 12.9 Å². The summed E-state index contributed by atoms with van der Waals surface area (Å²) in [4.78, 5) is 4.58. The van der Waals surface area contributed by atoms with Gasteiger partial charge in [0.15, 0.2) is 0 Å². The Balaban J connectivity index is 0.000000457. The van der Waals surface area contributed by atoms with Crippen molar-refractivity contribution in [1.29, 1.82) is 0 Å². The van der Waals surface area contributed by atoms with Crippen LogP contribution < -0.4 is 0 Å². The number of benzene rings is 2. The fourth-order valence-corrected chi connectivity index (χ4v) is 1.72. The van der Waals surface area contributed by atoms with Crippen LogP contribution in [-0.4, -0.2) is 24.5 Å². The van der Waals surface area contributed by atoms with E-state index in [0.717, 1.165) is 11.0 Å². The van der Waals surface area contributed by atoms with Gasteiger partial charge in [0, 0.05) is 10.8 Å². The molecule has 0 amide bonds. The lowest BCUT2D eigenvalue weighted by Crippen LogP contribution is -1.80. The Bertz CT molecular complexity index is 503. The second-order valence-electron chi connectivity index (χ2n) is 3.37. The molecule has 16 heavy (non-hydrogen) atoms. The summed E-state index contributed by atoms with van der Waals surface area (Å²) in [6.45, 7) is 0. The molecule has 80 valence electrons. The fourth-order valence-electron chi connectivity index (χ4n) is 1.72. The van der Waals surface area contributed by atoms with Gasteiger partial charge in [0.05, 0.1) is 11.0 Å². The largest absolute Gasteiger partial charge is 0.248 e. The summed E-state index contributed by atoms with van der Waals surface area (Å²) in [5.74, 6) is 0. The number of rotatable bonds is 0. The molecule has 0 bridgehead atoms. The smallest absolute Gasteiger partial charge is 0.0709 e. The minimum absolute atomic E-state index is 1.06. The maximum Gasteiger partial charge on any atom is 0.0709 e. The van der Waals surface area contributed by atoms with Crippen LogP contribution in [0.4, 0.5) is 0 Å². The molecule has 0 saturated heterocycles. The Morgan fingerprint density at radius 2 is 1.12 bits per heavy atom. The maximum atomic E-state index is 4.58. The van der Waals surface area contributed by atoms with Crippen molar-refractivity contribution in [3.63, 3.8) is 0 Å². The molecule has 0 saturated carbocycles. The van der Waals surface area contributed by atoms with E-state index in [2.05, 4.69) is 23.2 Å². The first-order chi connectivity index (χ1) is 7.93. The third-order valence-corrected chi connectivity index (χ3v) is 2.43. The molecule has 1 nitrogen and oxygen atoms in total. The van der Waals surface area contributed by atoms with Gasteiger partial charge in [-0.25, -0.2) is 4.98 Å². The molecule has 0 atom stereocenters. The van der Waals surface area contributed by atoms with E-state index in [1.54, 1.807) is 0 Å². The van der Waals surface area contributed by atoms with Gasteiger partial charge in [-0.15, -0.1) is 0 Å². The highest BCUT2D eigenvalue weighted by molar-refractivity contribution is 6.75. The fraction of sp³-hybridized carbons (Fsp3) is 0. The zero-order valence-corrected chi connectivity index (χ0v) is 13.6. The van der Waals surface area contributed by atoms with Gasteiger partial charge < -0.3 is 0 Å². The lowest BCUT2D eigenvalue weighted by atomic mass is 10.1. The van der Waals surface area contributed by atoms with Crippen LogP contribution in [0.5, 0.6) is 0 Å². The molecule has 0 aliphatic heterocycles. The minimum atomic E-state index is 1.06. The number of nitrogens with zero attached hydrogens (tertiary/aromatic N) is 1. The molecule has 1 aromatic heterocycles. The predicted molar refractivity (Wildman–Crippen MR) is 79.1 cm³/mol. The average Bonchev–Trinajstić information content (AvgIpc) is 2.38. The summed E-state index contributed by atoms with van der Waals surface area (Å²) in [6.07, 6.45) is 0. The standard InChI is InChI=1S/C13H9N.H6Si2/c1-3-7-12-10(5-1)9-11-6-2-4-8-13(11)14-12;1-2/h1-9H;1-2H3. The van der Waals surface area contributed by atoms with Crippen molar-refractivity contribution in [2.45, 2.75) is 0 Å². The first-order valence-electron chi connectivity index (χ1n) is 5.68. The van der Waals surface area contributed by atoms with E-state index in [9.17, 15) is 0 Å². The van der Waals surface area contributed by atoms with Crippen molar-refractivity contribution in [2.75, 3.05) is 0 Å². The SMILES string of the molecule is [SiH3][SiH3].c1ccc2nc3ccccc3cc2c1. The molecule has 3 heteroatoms. The van der Waals surface area contributed by atoms with Crippen LogP contribution in [-0.2, 0) is 0 Å². The zero-order chi connectivity index (χ0) is 11.4. The van der Waals surface area contributed by atoms with E-state index in [0.29, 0.717) is 0 Å². The van der Waals surface area contributed by atoms with Crippen LogP contribution in [0.3, 0.4) is 0 Å². The highest BCUT2D eigenvalue weighted by atomic mass is 29.1.